The molecule has 0 aliphatic rings. The maximum atomic E-state index is 11.7. The summed E-state index contributed by atoms with van der Waals surface area (Å²) in [5.74, 6) is -0.517. The highest BCUT2D eigenvalue weighted by Crippen LogP contribution is 2.37. The fourth-order valence-electron chi connectivity index (χ4n) is 1.74. The predicted molar refractivity (Wildman–Crippen MR) is 101 cm³/mol. The number of carbonyl (C=O) groups is 1. The highest BCUT2D eigenvalue weighted by atomic mass is 28.4. The van der Waals surface area contributed by atoms with Crippen molar-refractivity contribution < 1.29 is 28.5 Å². The Balaban J connectivity index is 4.49. The van der Waals surface area contributed by atoms with Gasteiger partial charge in [-0.1, -0.05) is 26.8 Å². The topological polar surface area (TPSA) is 74.2 Å². The van der Waals surface area contributed by atoms with Gasteiger partial charge in [0.05, 0.1) is 19.3 Å². The average Bonchev–Trinajstić information content (AvgIpc) is 2.48. The van der Waals surface area contributed by atoms with Gasteiger partial charge in [-0.3, -0.25) is 0 Å². The van der Waals surface area contributed by atoms with Gasteiger partial charge < -0.3 is 23.7 Å². The van der Waals surface area contributed by atoms with Gasteiger partial charge in [-0.2, -0.15) is 0 Å². The van der Waals surface area contributed by atoms with Crippen molar-refractivity contribution in [1.29, 1.82) is 0 Å². The molecule has 6 nitrogen and oxygen atoms in total. The standard InChI is InChI=1S/C18H36O6Si/c1-15(19)12-16(13-24-25(6,7)18(2,3)4)8-9-17(20)23-14-22-11-10-21-5/h8-9,15-16,19H,10-14H2,1-7H3/b9-8+/t15-,16-/m1/s1. The molecule has 0 aromatic rings. The van der Waals surface area contributed by atoms with E-state index in [9.17, 15) is 9.90 Å². The third-order valence-electron chi connectivity index (χ3n) is 4.33. The molecule has 148 valence electrons. The minimum atomic E-state index is -1.87. The van der Waals surface area contributed by atoms with Gasteiger partial charge in [-0.05, 0) is 31.5 Å². The number of ether oxygens (including phenoxy) is 3. The lowest BCUT2D eigenvalue weighted by atomic mass is 10.0. The summed E-state index contributed by atoms with van der Waals surface area (Å²) in [5, 5.41) is 9.79. The number of hydrogen-bond acceptors (Lipinski definition) is 6. The molecule has 1 N–H and O–H groups in total. The second-order valence-electron chi connectivity index (χ2n) is 7.76. The van der Waals surface area contributed by atoms with Crippen molar-refractivity contribution in [3.63, 3.8) is 0 Å². The van der Waals surface area contributed by atoms with Gasteiger partial charge in [0.25, 0.3) is 0 Å². The van der Waals surface area contributed by atoms with Crippen LogP contribution >= 0.6 is 0 Å². The molecule has 0 bridgehead atoms. The Morgan fingerprint density at radius 1 is 1.24 bits per heavy atom. The zero-order valence-corrected chi connectivity index (χ0v) is 17.8. The van der Waals surface area contributed by atoms with Crippen LogP contribution in [0.1, 0.15) is 34.1 Å². The first-order valence-corrected chi connectivity index (χ1v) is 11.6. The smallest absolute Gasteiger partial charge is 0.332 e. The van der Waals surface area contributed by atoms with Gasteiger partial charge in [-0.15, -0.1) is 0 Å². The van der Waals surface area contributed by atoms with Crippen LogP contribution in [-0.2, 0) is 23.4 Å². The Kier molecular flexibility index (Phi) is 11.5. The Bertz CT molecular complexity index is 401. The molecule has 0 aliphatic heterocycles. The van der Waals surface area contributed by atoms with Gasteiger partial charge in [0.15, 0.2) is 15.1 Å². The summed E-state index contributed by atoms with van der Waals surface area (Å²) in [4.78, 5) is 11.7. The maximum Gasteiger partial charge on any atom is 0.332 e. The highest BCUT2D eigenvalue weighted by Gasteiger charge is 2.37. The molecule has 7 heteroatoms. The summed E-state index contributed by atoms with van der Waals surface area (Å²) in [6, 6.07) is 0. The quantitative estimate of drug-likeness (QED) is 0.185. The predicted octanol–water partition coefficient (Wildman–Crippen LogP) is 3.12. The molecule has 0 spiro atoms. The van der Waals surface area contributed by atoms with Crippen molar-refractivity contribution in [2.24, 2.45) is 5.92 Å². The molecule has 0 heterocycles. The van der Waals surface area contributed by atoms with E-state index in [0.717, 1.165) is 0 Å². The first-order chi connectivity index (χ1) is 11.5. The van der Waals surface area contributed by atoms with Gasteiger partial charge in [-0.25, -0.2) is 4.79 Å². The van der Waals surface area contributed by atoms with E-state index >= 15 is 0 Å². The second-order valence-corrected chi connectivity index (χ2v) is 12.6. The lowest BCUT2D eigenvalue weighted by molar-refractivity contribution is -0.151. The highest BCUT2D eigenvalue weighted by molar-refractivity contribution is 6.74. The van der Waals surface area contributed by atoms with E-state index < -0.39 is 20.4 Å². The third kappa shape index (κ3) is 11.5. The fraction of sp³-hybridized carbons (Fsp3) is 0.833. The van der Waals surface area contributed by atoms with Crippen molar-refractivity contribution in [3.05, 3.63) is 12.2 Å². The van der Waals surface area contributed by atoms with E-state index in [2.05, 4.69) is 33.9 Å². The van der Waals surface area contributed by atoms with Gasteiger partial charge >= 0.3 is 5.97 Å². The molecule has 2 atom stereocenters. The molecule has 0 aromatic carbocycles. The van der Waals surface area contributed by atoms with Crippen LogP contribution in [0, 0.1) is 5.92 Å². The molecule has 0 saturated carbocycles. The Morgan fingerprint density at radius 3 is 2.40 bits per heavy atom. The summed E-state index contributed by atoms with van der Waals surface area (Å²) in [6.45, 7) is 13.8. The molecular weight excluding hydrogens is 340 g/mol. The molecule has 0 fully saturated rings. The van der Waals surface area contributed by atoms with E-state index in [0.29, 0.717) is 26.2 Å². The minimum Gasteiger partial charge on any atom is -0.435 e. The van der Waals surface area contributed by atoms with Crippen LogP contribution < -0.4 is 0 Å². The number of methoxy groups -OCH3 is 1. The van der Waals surface area contributed by atoms with E-state index in [1.54, 1.807) is 20.1 Å². The largest absolute Gasteiger partial charge is 0.435 e. The maximum absolute atomic E-state index is 11.7. The lowest BCUT2D eigenvalue weighted by Gasteiger charge is -2.37. The van der Waals surface area contributed by atoms with E-state index in [-0.39, 0.29) is 17.7 Å². The molecule has 0 rings (SSSR count). The summed E-state index contributed by atoms with van der Waals surface area (Å²) in [6.07, 6.45) is 3.19. The van der Waals surface area contributed by atoms with E-state index in [1.165, 1.54) is 6.08 Å². The Morgan fingerprint density at radius 2 is 1.88 bits per heavy atom. The number of carbonyl (C=O) groups excluding carboxylic acids is 1. The van der Waals surface area contributed by atoms with Crippen molar-refractivity contribution in [2.75, 3.05) is 33.7 Å². The van der Waals surface area contributed by atoms with Crippen LogP contribution in [0.5, 0.6) is 0 Å². The van der Waals surface area contributed by atoms with Gasteiger partial charge in [0.2, 0.25) is 0 Å². The fourth-order valence-corrected chi connectivity index (χ4v) is 2.80. The Labute approximate surface area is 153 Å². The van der Waals surface area contributed by atoms with E-state index in [4.69, 9.17) is 18.6 Å². The van der Waals surface area contributed by atoms with Crippen LogP contribution in [0.2, 0.25) is 18.1 Å². The number of hydrogen-bond donors (Lipinski definition) is 1. The molecule has 0 aliphatic carbocycles. The normalized spacial score (nSPS) is 15.4. The number of rotatable bonds is 12. The van der Waals surface area contributed by atoms with Crippen LogP contribution in [0.3, 0.4) is 0 Å². The van der Waals surface area contributed by atoms with Crippen molar-refractivity contribution in [1.82, 2.24) is 0 Å². The van der Waals surface area contributed by atoms with Crippen LogP contribution in [0.25, 0.3) is 0 Å². The molecular formula is C18H36O6Si. The molecule has 25 heavy (non-hydrogen) atoms. The number of aliphatic hydroxyl groups excluding tert-OH is 1. The Hall–Kier alpha value is -0.733. The average molecular weight is 377 g/mol. The number of aliphatic hydroxyl groups is 1. The molecule has 0 aromatic heterocycles. The summed E-state index contributed by atoms with van der Waals surface area (Å²) in [5.41, 5.74) is 0. The monoisotopic (exact) mass is 376 g/mol. The van der Waals surface area contributed by atoms with Gasteiger partial charge in [0, 0.05) is 25.7 Å². The number of esters is 1. The summed E-state index contributed by atoms with van der Waals surface area (Å²) < 4.78 is 21.1. The second kappa shape index (κ2) is 11.8. The lowest BCUT2D eigenvalue weighted by Crippen LogP contribution is -2.42. The molecule has 0 amide bonds. The van der Waals surface area contributed by atoms with Crippen molar-refractivity contribution in [2.45, 2.75) is 58.4 Å². The van der Waals surface area contributed by atoms with Crippen molar-refractivity contribution in [3.8, 4) is 0 Å². The van der Waals surface area contributed by atoms with E-state index in [1.807, 2.05) is 0 Å². The summed E-state index contributed by atoms with van der Waals surface area (Å²) in [7, 11) is -0.297. The van der Waals surface area contributed by atoms with Gasteiger partial charge in [0.1, 0.15) is 0 Å². The zero-order chi connectivity index (χ0) is 19.5. The SMILES string of the molecule is COCCOCOC(=O)/C=C/[C@@H](CO[Si](C)(C)C(C)(C)C)C[C@@H](C)O. The van der Waals surface area contributed by atoms with Crippen LogP contribution in [0.4, 0.5) is 0 Å². The van der Waals surface area contributed by atoms with Crippen LogP contribution in [-0.4, -0.2) is 59.2 Å². The first-order valence-electron chi connectivity index (χ1n) is 8.73. The molecule has 0 unspecified atom stereocenters. The molecule has 0 saturated heterocycles. The summed E-state index contributed by atoms with van der Waals surface area (Å²) >= 11 is 0. The van der Waals surface area contributed by atoms with Crippen LogP contribution in [0.15, 0.2) is 12.2 Å². The zero-order valence-electron chi connectivity index (χ0n) is 16.8. The minimum absolute atomic E-state index is 0.0453. The molecule has 0 radical (unpaired) electrons. The third-order valence-corrected chi connectivity index (χ3v) is 8.83. The first kappa shape index (κ1) is 24.3. The van der Waals surface area contributed by atoms with Crippen molar-refractivity contribution >= 4 is 14.3 Å².